The molecule has 9 heteroatoms. The molecule has 1 atom stereocenters. The summed E-state index contributed by atoms with van der Waals surface area (Å²) in [5.74, 6) is -2.11. The van der Waals surface area contributed by atoms with Gasteiger partial charge in [-0.15, -0.1) is 0 Å². The van der Waals surface area contributed by atoms with Crippen LogP contribution in [0.1, 0.15) is 27.7 Å². The highest BCUT2D eigenvalue weighted by Gasteiger charge is 2.29. The maximum Gasteiger partial charge on any atom is 0.243 e. The summed E-state index contributed by atoms with van der Waals surface area (Å²) in [6.07, 6.45) is 0.910. The van der Waals surface area contributed by atoms with Crippen LogP contribution < -0.4 is 9.62 Å². The van der Waals surface area contributed by atoms with E-state index in [4.69, 9.17) is 0 Å². The molecule has 1 amide bonds. The summed E-state index contributed by atoms with van der Waals surface area (Å²) in [5, 5.41) is 2.67. The van der Waals surface area contributed by atoms with Gasteiger partial charge >= 0.3 is 0 Å². The van der Waals surface area contributed by atoms with Crippen LogP contribution in [-0.4, -0.2) is 43.7 Å². The van der Waals surface area contributed by atoms with Gasteiger partial charge in [-0.2, -0.15) is 11.8 Å². The third kappa shape index (κ3) is 6.81. The smallest absolute Gasteiger partial charge is 0.243 e. The van der Waals surface area contributed by atoms with E-state index < -0.39 is 33.6 Å². The number of rotatable bonds is 7. The number of hydrogen-bond acceptors (Lipinski definition) is 4. The first kappa shape index (κ1) is 21.7. The standard InChI is InChI=1S/C16H24F2N2O3S2/c1-11(15(21)19-8-9-24-16(2,3)4)20(25(5,22)23)12-6-7-13(17)14(18)10-12/h6-7,10-11H,8-9H2,1-5H3,(H,19,21)/t11-/m0/s1. The normalized spacial score (nSPS) is 13.4. The van der Waals surface area contributed by atoms with Crippen LogP contribution in [0.2, 0.25) is 0 Å². The van der Waals surface area contributed by atoms with Crippen molar-refractivity contribution in [2.75, 3.05) is 22.9 Å². The van der Waals surface area contributed by atoms with Crippen LogP contribution in [0.3, 0.4) is 0 Å². The second kappa shape index (κ2) is 8.35. The van der Waals surface area contributed by atoms with Crippen LogP contribution in [0.5, 0.6) is 0 Å². The molecule has 0 radical (unpaired) electrons. The van der Waals surface area contributed by atoms with E-state index >= 15 is 0 Å². The second-order valence-corrected chi connectivity index (χ2v) is 10.4. The Morgan fingerprint density at radius 3 is 2.36 bits per heavy atom. The Hall–Kier alpha value is -1.35. The van der Waals surface area contributed by atoms with Crippen LogP contribution in [0.25, 0.3) is 0 Å². The predicted octanol–water partition coefficient (Wildman–Crippen LogP) is 2.77. The largest absolute Gasteiger partial charge is 0.353 e. The number of benzene rings is 1. The second-order valence-electron chi connectivity index (χ2n) is 6.59. The topological polar surface area (TPSA) is 66.5 Å². The number of amides is 1. The van der Waals surface area contributed by atoms with Gasteiger partial charge in [-0.05, 0) is 19.1 Å². The molecule has 1 N–H and O–H groups in total. The van der Waals surface area contributed by atoms with Gasteiger partial charge in [-0.3, -0.25) is 9.10 Å². The molecule has 0 fully saturated rings. The van der Waals surface area contributed by atoms with Crippen molar-refractivity contribution in [3.8, 4) is 0 Å². The van der Waals surface area contributed by atoms with E-state index in [1.807, 2.05) is 0 Å². The van der Waals surface area contributed by atoms with E-state index in [2.05, 4.69) is 26.1 Å². The Morgan fingerprint density at radius 2 is 1.88 bits per heavy atom. The quantitative estimate of drug-likeness (QED) is 0.722. The molecule has 0 aliphatic rings. The minimum absolute atomic E-state index is 0.0563. The number of hydrogen-bond donors (Lipinski definition) is 1. The molecule has 0 saturated carbocycles. The Kier molecular flexibility index (Phi) is 7.25. The monoisotopic (exact) mass is 394 g/mol. The van der Waals surface area contributed by atoms with Crippen molar-refractivity contribution < 1.29 is 22.0 Å². The van der Waals surface area contributed by atoms with Crippen LogP contribution in [0, 0.1) is 11.6 Å². The van der Waals surface area contributed by atoms with E-state index in [9.17, 15) is 22.0 Å². The van der Waals surface area contributed by atoms with Crippen molar-refractivity contribution in [2.24, 2.45) is 0 Å². The molecule has 25 heavy (non-hydrogen) atoms. The number of carbonyl (C=O) groups excluding carboxylic acids is 1. The van der Waals surface area contributed by atoms with E-state index in [1.165, 1.54) is 6.92 Å². The summed E-state index contributed by atoms with van der Waals surface area (Å²) >= 11 is 1.66. The lowest BCUT2D eigenvalue weighted by molar-refractivity contribution is -0.121. The van der Waals surface area contributed by atoms with Gasteiger partial charge in [0.2, 0.25) is 15.9 Å². The summed E-state index contributed by atoms with van der Waals surface area (Å²) in [5.41, 5.74) is -0.104. The Balaban J connectivity index is 2.89. The third-order valence-corrected chi connectivity index (χ3v) is 5.70. The summed E-state index contributed by atoms with van der Waals surface area (Å²) in [6, 6.07) is 1.61. The molecular weight excluding hydrogens is 370 g/mol. The highest BCUT2D eigenvalue weighted by atomic mass is 32.2. The molecule has 0 spiro atoms. The maximum absolute atomic E-state index is 13.5. The summed E-state index contributed by atoms with van der Waals surface area (Å²) in [4.78, 5) is 12.3. The van der Waals surface area contributed by atoms with Gasteiger partial charge in [0.1, 0.15) is 6.04 Å². The van der Waals surface area contributed by atoms with Crippen LogP contribution in [0.15, 0.2) is 18.2 Å². The van der Waals surface area contributed by atoms with Crippen LogP contribution in [0.4, 0.5) is 14.5 Å². The molecule has 0 saturated heterocycles. The molecule has 0 aliphatic carbocycles. The number of sulfonamides is 1. The fourth-order valence-electron chi connectivity index (χ4n) is 2.11. The number of carbonyl (C=O) groups is 1. The highest BCUT2D eigenvalue weighted by Crippen LogP contribution is 2.24. The van der Waals surface area contributed by atoms with Crippen molar-refractivity contribution >= 4 is 33.4 Å². The highest BCUT2D eigenvalue weighted by molar-refractivity contribution is 8.00. The lowest BCUT2D eigenvalue weighted by Gasteiger charge is -2.28. The van der Waals surface area contributed by atoms with Crippen molar-refractivity contribution in [2.45, 2.75) is 38.5 Å². The van der Waals surface area contributed by atoms with Crippen molar-refractivity contribution in [3.63, 3.8) is 0 Å². The van der Waals surface area contributed by atoms with Crippen molar-refractivity contribution in [3.05, 3.63) is 29.8 Å². The van der Waals surface area contributed by atoms with Crippen molar-refractivity contribution in [1.82, 2.24) is 5.32 Å². The third-order valence-electron chi connectivity index (χ3n) is 3.18. The molecule has 1 rings (SSSR count). The number of halogens is 2. The first-order chi connectivity index (χ1) is 11.3. The Morgan fingerprint density at radius 1 is 1.28 bits per heavy atom. The average molecular weight is 395 g/mol. The molecule has 0 bridgehead atoms. The molecule has 0 aromatic heterocycles. The Bertz CT molecular complexity index is 719. The van der Waals surface area contributed by atoms with Crippen LogP contribution in [-0.2, 0) is 14.8 Å². The van der Waals surface area contributed by atoms with Gasteiger partial charge in [0.05, 0.1) is 11.9 Å². The number of nitrogens with one attached hydrogen (secondary N) is 1. The van der Waals surface area contributed by atoms with Gasteiger partial charge in [0.15, 0.2) is 11.6 Å². The molecule has 0 unspecified atom stereocenters. The molecular formula is C16H24F2N2O3S2. The van der Waals surface area contributed by atoms with Gasteiger partial charge in [-0.25, -0.2) is 17.2 Å². The molecule has 1 aromatic carbocycles. The zero-order valence-corrected chi connectivity index (χ0v) is 16.6. The summed E-state index contributed by atoms with van der Waals surface area (Å²) in [7, 11) is -3.87. The van der Waals surface area contributed by atoms with Gasteiger partial charge in [0, 0.05) is 23.1 Å². The van der Waals surface area contributed by atoms with E-state index in [0.29, 0.717) is 12.3 Å². The molecule has 142 valence electrons. The number of thioether (sulfide) groups is 1. The van der Waals surface area contributed by atoms with Crippen molar-refractivity contribution in [1.29, 1.82) is 0 Å². The maximum atomic E-state index is 13.5. The SMILES string of the molecule is C[C@@H](C(=O)NCCSC(C)(C)C)N(c1ccc(F)c(F)c1)S(C)(=O)=O. The zero-order valence-electron chi connectivity index (χ0n) is 15.0. The first-order valence-corrected chi connectivity index (χ1v) is 10.5. The van der Waals surface area contributed by atoms with E-state index in [-0.39, 0.29) is 10.4 Å². The van der Waals surface area contributed by atoms with Gasteiger partial charge < -0.3 is 5.32 Å². The predicted molar refractivity (Wildman–Crippen MR) is 98.4 cm³/mol. The fraction of sp³-hybridized carbons (Fsp3) is 0.562. The van der Waals surface area contributed by atoms with Gasteiger partial charge in [-0.1, -0.05) is 20.8 Å². The lowest BCUT2D eigenvalue weighted by Crippen LogP contribution is -2.48. The zero-order chi connectivity index (χ0) is 19.4. The molecule has 0 heterocycles. The first-order valence-electron chi connectivity index (χ1n) is 7.69. The minimum Gasteiger partial charge on any atom is -0.353 e. The Labute approximate surface area is 152 Å². The van der Waals surface area contributed by atoms with Gasteiger partial charge in [0.25, 0.3) is 0 Å². The molecule has 0 aliphatic heterocycles. The fourth-order valence-corrected chi connectivity index (χ4v) is 4.09. The summed E-state index contributed by atoms with van der Waals surface area (Å²) in [6.45, 7) is 7.93. The van der Waals surface area contributed by atoms with E-state index in [1.54, 1.807) is 11.8 Å². The van der Waals surface area contributed by atoms with E-state index in [0.717, 1.165) is 28.8 Å². The van der Waals surface area contributed by atoms with Crippen LogP contribution >= 0.6 is 11.8 Å². The summed E-state index contributed by atoms with van der Waals surface area (Å²) < 4.78 is 51.5. The molecule has 1 aromatic rings. The minimum atomic E-state index is -3.87. The lowest BCUT2D eigenvalue weighted by atomic mass is 10.2. The number of anilines is 1. The molecule has 5 nitrogen and oxygen atoms in total. The number of nitrogens with zero attached hydrogens (tertiary/aromatic N) is 1. The average Bonchev–Trinajstić information content (AvgIpc) is 2.44.